The quantitative estimate of drug-likeness (QED) is 0.562. The van der Waals surface area contributed by atoms with Crippen LogP contribution in [0.1, 0.15) is 22.8 Å². The number of carbonyl (C=O) groups is 1. The first-order valence-electron chi connectivity index (χ1n) is 8.93. The predicted molar refractivity (Wildman–Crippen MR) is 108 cm³/mol. The number of carbonyl (C=O) groups excluding carboxylic acids is 1. The molecule has 4 rings (SSSR count). The summed E-state index contributed by atoms with van der Waals surface area (Å²) < 4.78 is 3.69. The standard InChI is InChI=1S/C20H19ClN6O/c1-3-27-12-13(10-24-27)9-23-20(28)14-8-17-19(22-11-14)26(2)18(25-17)15-6-4-5-7-16(15)21/h4-8,10-12H,3,9H2,1-2H3,(H,23,28). The van der Waals surface area contributed by atoms with E-state index in [0.29, 0.717) is 34.1 Å². The van der Waals surface area contributed by atoms with Crippen LogP contribution in [0.3, 0.4) is 0 Å². The second-order valence-electron chi connectivity index (χ2n) is 6.43. The molecule has 1 N–H and O–H groups in total. The highest BCUT2D eigenvalue weighted by atomic mass is 35.5. The van der Waals surface area contributed by atoms with E-state index in [1.807, 2.05) is 53.7 Å². The molecule has 3 heterocycles. The SMILES string of the molecule is CCn1cc(CNC(=O)c2cnc3c(c2)nc(-c2ccccc2Cl)n3C)cn1. The van der Waals surface area contributed by atoms with Gasteiger partial charge in [-0.05, 0) is 25.1 Å². The average molecular weight is 395 g/mol. The Kier molecular flexibility index (Phi) is 4.83. The molecule has 7 nitrogen and oxygen atoms in total. The zero-order valence-electron chi connectivity index (χ0n) is 15.6. The molecule has 8 heteroatoms. The van der Waals surface area contributed by atoms with Gasteiger partial charge in [0.25, 0.3) is 5.91 Å². The van der Waals surface area contributed by atoms with Crippen LogP contribution in [0.15, 0.2) is 48.9 Å². The number of hydrogen-bond acceptors (Lipinski definition) is 4. The van der Waals surface area contributed by atoms with E-state index in [1.165, 1.54) is 0 Å². The van der Waals surface area contributed by atoms with Crippen LogP contribution in [-0.2, 0) is 20.1 Å². The number of nitrogens with one attached hydrogen (secondary N) is 1. The van der Waals surface area contributed by atoms with Crippen molar-refractivity contribution in [3.63, 3.8) is 0 Å². The summed E-state index contributed by atoms with van der Waals surface area (Å²) in [5.41, 5.74) is 3.56. The zero-order chi connectivity index (χ0) is 19.7. The lowest BCUT2D eigenvalue weighted by atomic mass is 10.2. The minimum atomic E-state index is -0.205. The Bertz CT molecular complexity index is 1160. The summed E-state index contributed by atoms with van der Waals surface area (Å²) in [6.07, 6.45) is 5.22. The third kappa shape index (κ3) is 3.36. The van der Waals surface area contributed by atoms with Gasteiger partial charge < -0.3 is 9.88 Å². The average Bonchev–Trinajstić information content (AvgIpc) is 3.30. The van der Waals surface area contributed by atoms with Crippen molar-refractivity contribution in [2.75, 3.05) is 0 Å². The summed E-state index contributed by atoms with van der Waals surface area (Å²) >= 11 is 6.31. The number of halogens is 1. The Morgan fingerprint density at radius 2 is 2.07 bits per heavy atom. The number of fused-ring (bicyclic) bond motifs is 1. The molecule has 28 heavy (non-hydrogen) atoms. The molecule has 1 amide bonds. The Hall–Kier alpha value is -3.19. The van der Waals surface area contributed by atoms with E-state index in [4.69, 9.17) is 11.6 Å². The molecule has 0 aliphatic rings. The molecule has 1 aromatic carbocycles. The molecule has 0 radical (unpaired) electrons. The Morgan fingerprint density at radius 3 is 2.82 bits per heavy atom. The van der Waals surface area contributed by atoms with Crippen LogP contribution < -0.4 is 5.32 Å². The second kappa shape index (κ2) is 7.44. The van der Waals surface area contributed by atoms with Crippen molar-refractivity contribution >= 4 is 28.7 Å². The van der Waals surface area contributed by atoms with E-state index < -0.39 is 0 Å². The van der Waals surface area contributed by atoms with Crippen molar-refractivity contribution in [2.45, 2.75) is 20.0 Å². The Morgan fingerprint density at radius 1 is 1.25 bits per heavy atom. The summed E-state index contributed by atoms with van der Waals surface area (Å²) in [4.78, 5) is 21.6. The molecular formula is C20H19ClN6O. The van der Waals surface area contributed by atoms with E-state index >= 15 is 0 Å². The molecule has 0 unspecified atom stereocenters. The van der Waals surface area contributed by atoms with Crippen LogP contribution in [0.5, 0.6) is 0 Å². The molecule has 0 aliphatic heterocycles. The molecule has 142 valence electrons. The number of amides is 1. The first-order valence-corrected chi connectivity index (χ1v) is 9.31. The van der Waals surface area contributed by atoms with Crippen molar-refractivity contribution < 1.29 is 4.79 Å². The fraction of sp³-hybridized carbons (Fsp3) is 0.200. The van der Waals surface area contributed by atoms with Crippen LogP contribution in [0, 0.1) is 0 Å². The number of rotatable bonds is 5. The van der Waals surface area contributed by atoms with Gasteiger partial charge in [-0.1, -0.05) is 23.7 Å². The molecular weight excluding hydrogens is 376 g/mol. The van der Waals surface area contributed by atoms with Gasteiger partial charge in [-0.3, -0.25) is 9.48 Å². The van der Waals surface area contributed by atoms with Gasteiger partial charge in [0.05, 0.1) is 16.8 Å². The normalized spacial score (nSPS) is 11.1. The van der Waals surface area contributed by atoms with Crippen LogP contribution >= 0.6 is 11.6 Å². The van der Waals surface area contributed by atoms with Gasteiger partial charge in [0.15, 0.2) is 5.65 Å². The predicted octanol–water partition coefficient (Wildman–Crippen LogP) is 3.44. The summed E-state index contributed by atoms with van der Waals surface area (Å²) in [5.74, 6) is 0.501. The highest BCUT2D eigenvalue weighted by molar-refractivity contribution is 6.33. The van der Waals surface area contributed by atoms with E-state index in [1.54, 1.807) is 18.5 Å². The molecule has 4 aromatic rings. The second-order valence-corrected chi connectivity index (χ2v) is 6.84. The van der Waals surface area contributed by atoms with E-state index in [-0.39, 0.29) is 5.91 Å². The van der Waals surface area contributed by atoms with Gasteiger partial charge >= 0.3 is 0 Å². The summed E-state index contributed by atoms with van der Waals surface area (Å²) in [5, 5.41) is 7.71. The maximum absolute atomic E-state index is 12.5. The van der Waals surface area contributed by atoms with Crippen molar-refractivity contribution in [1.82, 2.24) is 29.6 Å². The fourth-order valence-corrected chi connectivity index (χ4v) is 3.26. The third-order valence-corrected chi connectivity index (χ3v) is 4.88. The largest absolute Gasteiger partial charge is 0.348 e. The van der Waals surface area contributed by atoms with Crippen LogP contribution in [0.4, 0.5) is 0 Å². The molecule has 0 atom stereocenters. The van der Waals surface area contributed by atoms with Crippen molar-refractivity contribution in [2.24, 2.45) is 7.05 Å². The van der Waals surface area contributed by atoms with Crippen LogP contribution in [0.2, 0.25) is 5.02 Å². The van der Waals surface area contributed by atoms with Gasteiger partial charge in [-0.2, -0.15) is 5.10 Å². The molecule has 0 fully saturated rings. The molecule has 0 bridgehead atoms. The minimum Gasteiger partial charge on any atom is -0.348 e. The maximum Gasteiger partial charge on any atom is 0.253 e. The first kappa shape index (κ1) is 18.2. The monoisotopic (exact) mass is 394 g/mol. The Balaban J connectivity index is 1.59. The van der Waals surface area contributed by atoms with Gasteiger partial charge in [-0.25, -0.2) is 9.97 Å². The molecule has 0 spiro atoms. The maximum atomic E-state index is 12.5. The molecule has 3 aromatic heterocycles. The number of imidazole rings is 1. The number of hydrogen-bond donors (Lipinski definition) is 1. The number of aryl methyl sites for hydroxylation is 2. The molecule has 0 saturated heterocycles. The van der Waals surface area contributed by atoms with Gasteiger partial charge in [0.2, 0.25) is 0 Å². The van der Waals surface area contributed by atoms with E-state index in [0.717, 1.165) is 17.7 Å². The lowest BCUT2D eigenvalue weighted by molar-refractivity contribution is 0.0950. The van der Waals surface area contributed by atoms with Gasteiger partial charge in [0, 0.05) is 43.7 Å². The number of benzene rings is 1. The minimum absolute atomic E-state index is 0.205. The van der Waals surface area contributed by atoms with E-state index in [2.05, 4.69) is 20.4 Å². The highest BCUT2D eigenvalue weighted by Crippen LogP contribution is 2.28. The lowest BCUT2D eigenvalue weighted by Crippen LogP contribution is -2.22. The first-order chi connectivity index (χ1) is 13.6. The topological polar surface area (TPSA) is 77.6 Å². The zero-order valence-corrected chi connectivity index (χ0v) is 16.3. The van der Waals surface area contributed by atoms with Crippen LogP contribution in [-0.4, -0.2) is 30.2 Å². The number of aromatic nitrogens is 5. The van der Waals surface area contributed by atoms with E-state index in [9.17, 15) is 4.79 Å². The van der Waals surface area contributed by atoms with Crippen LogP contribution in [0.25, 0.3) is 22.6 Å². The number of nitrogens with zero attached hydrogens (tertiary/aromatic N) is 5. The molecule has 0 aliphatic carbocycles. The van der Waals surface area contributed by atoms with Crippen molar-refractivity contribution in [3.8, 4) is 11.4 Å². The number of pyridine rings is 1. The lowest BCUT2D eigenvalue weighted by Gasteiger charge is -2.04. The fourth-order valence-electron chi connectivity index (χ4n) is 3.04. The van der Waals surface area contributed by atoms with Crippen molar-refractivity contribution in [3.05, 3.63) is 65.1 Å². The summed E-state index contributed by atoms with van der Waals surface area (Å²) in [6, 6.07) is 9.26. The summed E-state index contributed by atoms with van der Waals surface area (Å²) in [6.45, 7) is 3.21. The smallest absolute Gasteiger partial charge is 0.253 e. The summed E-state index contributed by atoms with van der Waals surface area (Å²) in [7, 11) is 1.88. The highest BCUT2D eigenvalue weighted by Gasteiger charge is 2.15. The van der Waals surface area contributed by atoms with Gasteiger partial charge in [0.1, 0.15) is 11.3 Å². The van der Waals surface area contributed by atoms with Crippen molar-refractivity contribution in [1.29, 1.82) is 0 Å². The Labute approximate surface area is 167 Å². The van der Waals surface area contributed by atoms with Gasteiger partial charge in [-0.15, -0.1) is 0 Å². The molecule has 0 saturated carbocycles. The third-order valence-electron chi connectivity index (χ3n) is 4.55.